The van der Waals surface area contributed by atoms with E-state index in [0.717, 1.165) is 22.5 Å². The third-order valence-electron chi connectivity index (χ3n) is 5.03. The van der Waals surface area contributed by atoms with Gasteiger partial charge in [-0.3, -0.25) is 4.98 Å². The fourth-order valence-electron chi connectivity index (χ4n) is 3.65. The topological polar surface area (TPSA) is 49.8 Å². The van der Waals surface area contributed by atoms with Crippen LogP contribution < -0.4 is 0 Å². The Morgan fingerprint density at radius 3 is 2.52 bits per heavy atom. The lowest BCUT2D eigenvalue weighted by Gasteiger charge is -2.05. The minimum atomic E-state index is -2.63. The van der Waals surface area contributed by atoms with Crippen LogP contribution in [0, 0.1) is 25.0 Å². The Bertz CT molecular complexity index is 1630. The Labute approximate surface area is 177 Å². The van der Waals surface area contributed by atoms with Crippen molar-refractivity contribution in [3.8, 4) is 28.5 Å². The van der Waals surface area contributed by atoms with Crippen molar-refractivity contribution in [1.29, 1.82) is 5.26 Å². The number of aryl methyl sites for hydroxylation is 2. The number of furan rings is 1. The number of hydrogen-bond donors (Lipinski definition) is 0. The number of pyridine rings is 1. The van der Waals surface area contributed by atoms with Gasteiger partial charge in [-0.15, -0.1) is 0 Å². The van der Waals surface area contributed by atoms with E-state index in [9.17, 15) is 5.26 Å². The SMILES string of the molecule is [2H]C([2H])([2H])c1cnc(-c2cccc3c2oc2c(-c4ccccc4)c(C#N)ccc23)cc1C([2H])([2H])[2H]. The average Bonchev–Trinajstić information content (AvgIpc) is 3.21. The maximum Gasteiger partial charge on any atom is 0.144 e. The van der Waals surface area contributed by atoms with Crippen LogP contribution >= 0.6 is 0 Å². The third-order valence-corrected chi connectivity index (χ3v) is 5.03. The monoisotopic (exact) mass is 380 g/mol. The van der Waals surface area contributed by atoms with Crippen molar-refractivity contribution in [1.82, 2.24) is 4.98 Å². The van der Waals surface area contributed by atoms with Gasteiger partial charge in [0.25, 0.3) is 0 Å². The molecule has 5 aromatic rings. The molecule has 2 heterocycles. The fraction of sp³-hybridized carbons (Fsp3) is 0.0769. The third kappa shape index (κ3) is 2.69. The zero-order valence-electron chi connectivity index (χ0n) is 21.2. The van der Waals surface area contributed by atoms with Gasteiger partial charge in [-0.05, 0) is 54.7 Å². The summed E-state index contributed by atoms with van der Waals surface area (Å²) in [5.41, 5.74) is 3.22. The van der Waals surface area contributed by atoms with Crippen LogP contribution in [0.3, 0.4) is 0 Å². The summed E-state index contributed by atoms with van der Waals surface area (Å²) in [7, 11) is 0. The van der Waals surface area contributed by atoms with E-state index >= 15 is 0 Å². The molecule has 138 valence electrons. The van der Waals surface area contributed by atoms with Crippen LogP contribution in [-0.4, -0.2) is 4.98 Å². The fourth-order valence-corrected chi connectivity index (χ4v) is 3.65. The number of nitrogens with zero attached hydrogens (tertiary/aromatic N) is 2. The van der Waals surface area contributed by atoms with Crippen LogP contribution in [0.15, 0.2) is 77.3 Å². The van der Waals surface area contributed by atoms with Crippen molar-refractivity contribution in [3.05, 3.63) is 89.6 Å². The number of hydrogen-bond acceptors (Lipinski definition) is 3. The van der Waals surface area contributed by atoms with Gasteiger partial charge in [0.15, 0.2) is 0 Å². The first-order chi connectivity index (χ1) is 16.6. The van der Waals surface area contributed by atoms with E-state index in [2.05, 4.69) is 11.1 Å². The van der Waals surface area contributed by atoms with Crippen LogP contribution in [0.1, 0.15) is 24.9 Å². The van der Waals surface area contributed by atoms with E-state index in [0.29, 0.717) is 27.9 Å². The molecule has 0 saturated heterocycles. The van der Waals surface area contributed by atoms with Gasteiger partial charge < -0.3 is 4.42 Å². The molecule has 0 saturated carbocycles. The summed E-state index contributed by atoms with van der Waals surface area (Å²) in [4.78, 5) is 4.30. The number of para-hydroxylation sites is 1. The molecule has 0 amide bonds. The zero-order chi connectivity index (χ0) is 25.0. The van der Waals surface area contributed by atoms with Crippen LogP contribution in [0.2, 0.25) is 0 Å². The molecule has 3 aromatic carbocycles. The first-order valence-electron chi connectivity index (χ1n) is 12.0. The van der Waals surface area contributed by atoms with Gasteiger partial charge in [-0.2, -0.15) is 5.26 Å². The molecule has 3 nitrogen and oxygen atoms in total. The van der Waals surface area contributed by atoms with Crippen molar-refractivity contribution in [2.75, 3.05) is 0 Å². The Morgan fingerprint density at radius 2 is 1.72 bits per heavy atom. The Balaban J connectivity index is 1.81. The van der Waals surface area contributed by atoms with Crippen molar-refractivity contribution in [2.45, 2.75) is 13.7 Å². The van der Waals surface area contributed by atoms with E-state index in [1.807, 2.05) is 42.5 Å². The van der Waals surface area contributed by atoms with E-state index in [1.165, 1.54) is 6.07 Å². The van der Waals surface area contributed by atoms with Crippen molar-refractivity contribution in [3.63, 3.8) is 0 Å². The highest BCUT2D eigenvalue weighted by atomic mass is 16.3. The predicted octanol–water partition coefficient (Wildman–Crippen LogP) is 6.80. The number of nitriles is 1. The van der Waals surface area contributed by atoms with Gasteiger partial charge in [0.1, 0.15) is 11.2 Å². The molecule has 0 unspecified atom stereocenters. The molecule has 5 rings (SSSR count). The second-order valence-electron chi connectivity index (χ2n) is 6.74. The number of aromatic nitrogens is 1. The molecule has 2 aromatic heterocycles. The predicted molar refractivity (Wildman–Crippen MR) is 117 cm³/mol. The highest BCUT2D eigenvalue weighted by molar-refractivity contribution is 6.13. The van der Waals surface area contributed by atoms with E-state index in [-0.39, 0.29) is 16.8 Å². The van der Waals surface area contributed by atoms with Crippen molar-refractivity contribution >= 4 is 21.9 Å². The lowest BCUT2D eigenvalue weighted by molar-refractivity contribution is 0.670. The van der Waals surface area contributed by atoms with Gasteiger partial charge in [0.2, 0.25) is 0 Å². The minimum Gasteiger partial charge on any atom is -0.455 e. The van der Waals surface area contributed by atoms with Gasteiger partial charge in [0, 0.05) is 36.3 Å². The van der Waals surface area contributed by atoms with E-state index in [4.69, 9.17) is 12.6 Å². The first kappa shape index (κ1) is 11.8. The second kappa shape index (κ2) is 6.61. The summed E-state index contributed by atoms with van der Waals surface area (Å²) in [6.07, 6.45) is 1.11. The van der Waals surface area contributed by atoms with Gasteiger partial charge in [0.05, 0.1) is 17.3 Å². The maximum atomic E-state index is 9.74. The lowest BCUT2D eigenvalue weighted by atomic mass is 9.97. The normalized spacial score (nSPS) is 15.0. The summed E-state index contributed by atoms with van der Waals surface area (Å²) in [5, 5.41) is 11.3. The lowest BCUT2D eigenvalue weighted by Crippen LogP contribution is -1.88. The molecule has 0 aliphatic heterocycles. The van der Waals surface area contributed by atoms with Gasteiger partial charge >= 0.3 is 0 Å². The van der Waals surface area contributed by atoms with Crippen LogP contribution in [-0.2, 0) is 0 Å². The van der Waals surface area contributed by atoms with Crippen LogP contribution in [0.5, 0.6) is 0 Å². The number of fused-ring (bicyclic) bond motifs is 3. The summed E-state index contributed by atoms with van der Waals surface area (Å²) >= 11 is 0. The Morgan fingerprint density at radius 1 is 0.897 bits per heavy atom. The standard InChI is InChI=1S/C26H18N2O/c1-16-13-23(28-15-17(16)2)22-10-6-9-20-21-12-11-19(14-27)24(26(21)29-25(20)22)18-7-4-3-5-8-18/h3-13,15H,1-2H3/i1D3,2D3. The summed E-state index contributed by atoms with van der Waals surface area (Å²) < 4.78 is 53.1. The largest absolute Gasteiger partial charge is 0.455 e. The quantitative estimate of drug-likeness (QED) is 0.338. The molecule has 29 heavy (non-hydrogen) atoms. The maximum absolute atomic E-state index is 9.74. The second-order valence-corrected chi connectivity index (χ2v) is 6.74. The molecule has 0 aliphatic carbocycles. The van der Waals surface area contributed by atoms with Gasteiger partial charge in [-0.25, -0.2) is 0 Å². The molecule has 0 fully saturated rings. The molecule has 3 heteroatoms. The van der Waals surface area contributed by atoms with E-state index < -0.39 is 13.7 Å². The molecule has 0 atom stereocenters. The molecule has 0 N–H and O–H groups in total. The highest BCUT2D eigenvalue weighted by Gasteiger charge is 2.18. The summed E-state index contributed by atoms with van der Waals surface area (Å²) in [6.45, 7) is -5.25. The van der Waals surface area contributed by atoms with Crippen molar-refractivity contribution in [2.24, 2.45) is 0 Å². The Kier molecular flexibility index (Phi) is 2.70. The summed E-state index contributed by atoms with van der Waals surface area (Å²) in [5.74, 6) is 0. The molecule has 0 spiro atoms. The Hall–Kier alpha value is -3.90. The van der Waals surface area contributed by atoms with Crippen LogP contribution in [0.25, 0.3) is 44.3 Å². The van der Waals surface area contributed by atoms with Gasteiger partial charge in [-0.1, -0.05) is 42.5 Å². The van der Waals surface area contributed by atoms with Crippen molar-refractivity contribution < 1.29 is 12.6 Å². The summed E-state index contributed by atoms with van der Waals surface area (Å²) in [6, 6.07) is 22.0. The van der Waals surface area contributed by atoms with E-state index in [1.54, 1.807) is 18.2 Å². The average molecular weight is 380 g/mol. The molecule has 0 radical (unpaired) electrons. The number of rotatable bonds is 2. The smallest absolute Gasteiger partial charge is 0.144 e. The zero-order valence-corrected chi connectivity index (χ0v) is 15.2. The van der Waals surface area contributed by atoms with Crippen LogP contribution in [0.4, 0.5) is 0 Å². The molecule has 0 bridgehead atoms. The minimum absolute atomic E-state index is 0.271. The molecular formula is C26H18N2O. The highest BCUT2D eigenvalue weighted by Crippen LogP contribution is 2.40. The molecule has 0 aliphatic rings. The number of benzene rings is 3. The first-order valence-corrected chi connectivity index (χ1v) is 9.05. The molecular weight excluding hydrogens is 356 g/mol.